The molecular formula is C22H28O2S. The third kappa shape index (κ3) is 2.06. The Morgan fingerprint density at radius 2 is 1.00 bits per heavy atom. The van der Waals surface area contributed by atoms with Gasteiger partial charge in [0.2, 0.25) is 0 Å². The maximum atomic E-state index is 7.01. The van der Waals surface area contributed by atoms with Crippen molar-refractivity contribution in [3.63, 3.8) is 0 Å². The second-order valence-electron chi connectivity index (χ2n) is 7.07. The number of hydrogen-bond donors (Lipinski definition) is 0. The first-order valence-corrected chi connectivity index (χ1v) is 11.0. The maximum absolute atomic E-state index is 7.01. The second-order valence-corrected chi connectivity index (χ2v) is 9.29. The van der Waals surface area contributed by atoms with Crippen LogP contribution in [-0.2, 0) is 19.6 Å². The third-order valence-electron chi connectivity index (χ3n) is 6.17. The van der Waals surface area contributed by atoms with Gasteiger partial charge in [-0.05, 0) is 37.8 Å². The Hall–Kier alpha value is -1.29. The zero-order valence-electron chi connectivity index (χ0n) is 15.7. The lowest BCUT2D eigenvalue weighted by Gasteiger charge is -2.41. The highest BCUT2D eigenvalue weighted by molar-refractivity contribution is 8.26. The fourth-order valence-electron chi connectivity index (χ4n) is 4.51. The lowest BCUT2D eigenvalue weighted by Crippen LogP contribution is -2.26. The van der Waals surface area contributed by atoms with Gasteiger partial charge in [0.25, 0.3) is 0 Å². The summed E-state index contributed by atoms with van der Waals surface area (Å²) in [6.07, 6.45) is 3.86. The van der Waals surface area contributed by atoms with Crippen molar-refractivity contribution in [2.75, 3.05) is 0 Å². The molecule has 134 valence electrons. The van der Waals surface area contributed by atoms with Crippen LogP contribution in [0.15, 0.2) is 58.3 Å². The Morgan fingerprint density at radius 3 is 1.36 bits per heavy atom. The molecule has 0 atom stereocenters. The van der Waals surface area contributed by atoms with Crippen LogP contribution in [0.5, 0.6) is 0 Å². The Kier molecular flexibility index (Phi) is 4.02. The normalized spacial score (nSPS) is 22.6. The number of fused-ring (bicyclic) bond motifs is 4. The van der Waals surface area contributed by atoms with Crippen LogP contribution >= 0.6 is 10.6 Å². The minimum Gasteiger partial charge on any atom is -0.264 e. The molecule has 0 saturated heterocycles. The highest BCUT2D eigenvalue weighted by atomic mass is 32.3. The van der Waals surface area contributed by atoms with Gasteiger partial charge in [0.15, 0.2) is 0 Å². The van der Waals surface area contributed by atoms with E-state index in [9.17, 15) is 0 Å². The zero-order valence-corrected chi connectivity index (χ0v) is 16.5. The van der Waals surface area contributed by atoms with Crippen molar-refractivity contribution in [1.82, 2.24) is 0 Å². The topological polar surface area (TPSA) is 18.5 Å². The van der Waals surface area contributed by atoms with Crippen molar-refractivity contribution in [2.45, 2.75) is 74.4 Å². The number of hydrogen-bond acceptors (Lipinski definition) is 2. The molecule has 2 aromatic carbocycles. The third-order valence-corrected chi connectivity index (χ3v) is 9.15. The van der Waals surface area contributed by atoms with Crippen molar-refractivity contribution in [3.05, 3.63) is 59.7 Å². The van der Waals surface area contributed by atoms with E-state index in [-0.39, 0.29) is 11.2 Å². The minimum atomic E-state index is -1.91. The predicted molar refractivity (Wildman–Crippen MR) is 104 cm³/mol. The summed E-state index contributed by atoms with van der Waals surface area (Å²) in [6.45, 7) is 8.91. The summed E-state index contributed by atoms with van der Waals surface area (Å²) >= 11 is 0. The summed E-state index contributed by atoms with van der Waals surface area (Å²) in [7, 11) is -1.91. The lowest BCUT2D eigenvalue weighted by molar-refractivity contribution is 0.0327. The van der Waals surface area contributed by atoms with Crippen LogP contribution < -0.4 is 0 Å². The molecule has 2 aromatic rings. The molecule has 2 heterocycles. The Labute approximate surface area is 153 Å². The summed E-state index contributed by atoms with van der Waals surface area (Å²) in [5, 5.41) is 0. The van der Waals surface area contributed by atoms with Crippen LogP contribution in [0, 0.1) is 0 Å². The van der Waals surface area contributed by atoms with Gasteiger partial charge in [0.05, 0.1) is 9.79 Å². The highest BCUT2D eigenvalue weighted by Crippen LogP contribution is 2.80. The predicted octanol–water partition coefficient (Wildman–Crippen LogP) is 6.83. The molecule has 0 amide bonds. The Bertz CT molecular complexity index is 723. The Balaban J connectivity index is 2.01. The van der Waals surface area contributed by atoms with Gasteiger partial charge in [-0.1, -0.05) is 64.1 Å². The van der Waals surface area contributed by atoms with Gasteiger partial charge in [0, 0.05) is 11.1 Å². The first kappa shape index (κ1) is 17.1. The van der Waals surface area contributed by atoms with E-state index in [1.54, 1.807) is 0 Å². The largest absolute Gasteiger partial charge is 0.264 e. The molecule has 1 spiro atoms. The first-order chi connectivity index (χ1) is 12.1. The van der Waals surface area contributed by atoms with E-state index in [0.717, 1.165) is 25.7 Å². The van der Waals surface area contributed by atoms with Crippen molar-refractivity contribution >= 4 is 10.6 Å². The maximum Gasteiger partial charge on any atom is 0.120 e. The van der Waals surface area contributed by atoms with Crippen molar-refractivity contribution in [1.29, 1.82) is 0 Å². The molecule has 0 bridgehead atoms. The molecule has 0 aliphatic carbocycles. The molecule has 3 heteroatoms. The van der Waals surface area contributed by atoms with Gasteiger partial charge < -0.3 is 0 Å². The van der Waals surface area contributed by atoms with Crippen LogP contribution in [0.3, 0.4) is 0 Å². The van der Waals surface area contributed by atoms with Gasteiger partial charge in [-0.3, -0.25) is 8.37 Å². The van der Waals surface area contributed by atoms with E-state index in [1.165, 1.54) is 20.9 Å². The van der Waals surface area contributed by atoms with Crippen molar-refractivity contribution in [2.24, 2.45) is 0 Å². The summed E-state index contributed by atoms with van der Waals surface area (Å²) in [4.78, 5) is 2.55. The monoisotopic (exact) mass is 356 g/mol. The molecular weight excluding hydrogens is 328 g/mol. The number of rotatable bonds is 4. The van der Waals surface area contributed by atoms with E-state index in [0.29, 0.717) is 0 Å². The Morgan fingerprint density at radius 1 is 0.640 bits per heavy atom. The van der Waals surface area contributed by atoms with Gasteiger partial charge in [0.1, 0.15) is 11.2 Å². The van der Waals surface area contributed by atoms with Crippen LogP contribution in [0.1, 0.15) is 64.5 Å². The van der Waals surface area contributed by atoms with Crippen molar-refractivity contribution in [3.8, 4) is 0 Å². The molecule has 2 aliphatic heterocycles. The van der Waals surface area contributed by atoms with E-state index >= 15 is 0 Å². The van der Waals surface area contributed by atoms with Gasteiger partial charge in [-0.15, -0.1) is 10.6 Å². The van der Waals surface area contributed by atoms with E-state index < -0.39 is 10.6 Å². The molecule has 0 saturated carbocycles. The first-order valence-electron chi connectivity index (χ1n) is 9.55. The van der Waals surface area contributed by atoms with Crippen LogP contribution in [-0.4, -0.2) is 0 Å². The van der Waals surface area contributed by atoms with Crippen LogP contribution in [0.25, 0.3) is 0 Å². The fraction of sp³-hybridized carbons (Fsp3) is 0.455. The fourth-order valence-corrected chi connectivity index (χ4v) is 8.29. The van der Waals surface area contributed by atoms with Gasteiger partial charge >= 0.3 is 0 Å². The summed E-state index contributed by atoms with van der Waals surface area (Å²) in [5.74, 6) is 0. The summed E-state index contributed by atoms with van der Waals surface area (Å²) in [5.41, 5.74) is 2.17. The van der Waals surface area contributed by atoms with Crippen LogP contribution in [0.4, 0.5) is 0 Å². The van der Waals surface area contributed by atoms with E-state index in [4.69, 9.17) is 8.37 Å². The van der Waals surface area contributed by atoms with E-state index in [2.05, 4.69) is 76.2 Å². The molecule has 0 fully saturated rings. The van der Waals surface area contributed by atoms with Crippen molar-refractivity contribution < 1.29 is 8.37 Å². The molecule has 0 unspecified atom stereocenters. The zero-order chi connectivity index (χ0) is 17.7. The smallest absolute Gasteiger partial charge is 0.120 e. The van der Waals surface area contributed by atoms with Crippen LogP contribution in [0.2, 0.25) is 0 Å². The summed E-state index contributed by atoms with van der Waals surface area (Å²) in [6, 6.07) is 17.5. The lowest BCUT2D eigenvalue weighted by atomic mass is 9.89. The average Bonchev–Trinajstić information content (AvgIpc) is 3.14. The SMILES string of the molecule is CCC1(CC)OS2(OC(CC)(CC)c3ccccc32)c2ccccc21. The molecule has 4 rings (SSSR count). The number of benzene rings is 2. The standard InChI is InChI=1S/C22H28O2S/c1-5-21(6-2)17-13-9-11-15-19(17)25(23-21)20-16-12-10-14-18(20)22(7-3,8-4)24-25/h9-16H,5-8H2,1-4H3. The van der Waals surface area contributed by atoms with Gasteiger partial charge in [-0.25, -0.2) is 0 Å². The molecule has 0 radical (unpaired) electrons. The quantitative estimate of drug-likeness (QED) is 0.597. The highest BCUT2D eigenvalue weighted by Gasteiger charge is 2.57. The van der Waals surface area contributed by atoms with E-state index in [1.807, 2.05) is 0 Å². The molecule has 2 nitrogen and oxygen atoms in total. The average molecular weight is 357 g/mol. The minimum absolute atomic E-state index is 0.239. The molecule has 2 aliphatic rings. The molecule has 25 heavy (non-hydrogen) atoms. The molecule has 0 N–H and O–H groups in total. The summed E-state index contributed by atoms with van der Waals surface area (Å²) < 4.78 is 14.0. The van der Waals surface area contributed by atoms with Gasteiger partial charge in [-0.2, -0.15) is 0 Å². The second kappa shape index (κ2) is 5.87. The molecule has 0 aromatic heterocycles.